The number of fused-ring (bicyclic) bond motifs is 9. The first kappa shape index (κ1) is 21.5. The second-order valence-electron chi connectivity index (χ2n) is 15.8. The Morgan fingerprint density at radius 1 is 0.548 bits per heavy atom. The van der Waals surface area contributed by atoms with Gasteiger partial charge in [-0.3, -0.25) is 0 Å². The first-order valence-electron chi connectivity index (χ1n) is 13.9. The van der Waals surface area contributed by atoms with Gasteiger partial charge in [-0.05, 0) is 122 Å². The van der Waals surface area contributed by atoms with Crippen LogP contribution in [0.3, 0.4) is 0 Å². The van der Waals surface area contributed by atoms with Crippen molar-refractivity contribution in [1.82, 2.24) is 0 Å². The van der Waals surface area contributed by atoms with E-state index in [4.69, 9.17) is 4.74 Å². The van der Waals surface area contributed by atoms with Crippen molar-refractivity contribution in [2.75, 3.05) is 0 Å². The minimum atomic E-state index is 0.185. The predicted octanol–water partition coefficient (Wildman–Crippen LogP) is 8.41. The Morgan fingerprint density at radius 3 is 1.90 bits per heavy atom. The molecule has 5 saturated carbocycles. The molecule has 0 spiro atoms. The van der Waals surface area contributed by atoms with E-state index < -0.39 is 0 Å². The summed E-state index contributed by atoms with van der Waals surface area (Å²) in [6.07, 6.45) is 16.5. The molecule has 10 atom stereocenters. The highest BCUT2D eigenvalue weighted by atomic mass is 16.6. The van der Waals surface area contributed by atoms with Gasteiger partial charge in [0.15, 0.2) is 0 Å². The lowest BCUT2D eigenvalue weighted by Crippen LogP contribution is -2.68. The maximum atomic E-state index is 6.42. The van der Waals surface area contributed by atoms with Crippen LogP contribution in [0.4, 0.5) is 0 Å². The summed E-state index contributed by atoms with van der Waals surface area (Å²) in [5, 5.41) is 0. The van der Waals surface area contributed by atoms with Crippen LogP contribution in [0.1, 0.15) is 126 Å². The molecule has 1 saturated heterocycles. The van der Waals surface area contributed by atoms with E-state index in [0.717, 1.165) is 17.8 Å². The molecular formula is C30H50O. The zero-order chi connectivity index (χ0) is 22.3. The molecule has 1 heteroatoms. The molecule has 0 unspecified atom stereocenters. The van der Waals surface area contributed by atoms with Gasteiger partial charge in [-0.15, -0.1) is 0 Å². The highest BCUT2D eigenvalue weighted by Gasteiger charge is 2.76. The predicted molar refractivity (Wildman–Crippen MR) is 129 cm³/mol. The molecule has 176 valence electrons. The summed E-state index contributed by atoms with van der Waals surface area (Å²) in [6.45, 7) is 21.3. The van der Waals surface area contributed by atoms with Crippen LogP contribution in [-0.2, 0) is 4.74 Å². The lowest BCUT2D eigenvalue weighted by atomic mass is 9.30. The maximum Gasteiger partial charge on any atom is 0.0976 e. The second-order valence-corrected chi connectivity index (χ2v) is 15.8. The minimum Gasteiger partial charge on any atom is -0.366 e. The first-order chi connectivity index (χ1) is 14.2. The van der Waals surface area contributed by atoms with Gasteiger partial charge < -0.3 is 4.74 Å². The summed E-state index contributed by atoms with van der Waals surface area (Å²) in [6, 6.07) is 0. The third-order valence-electron chi connectivity index (χ3n) is 14.3. The summed E-state index contributed by atoms with van der Waals surface area (Å²) < 4.78 is 6.42. The molecule has 6 fully saturated rings. The van der Waals surface area contributed by atoms with Crippen LogP contribution in [0.25, 0.3) is 0 Å². The summed E-state index contributed by atoms with van der Waals surface area (Å²) in [7, 11) is 0. The van der Waals surface area contributed by atoms with Gasteiger partial charge in [0, 0.05) is 5.41 Å². The van der Waals surface area contributed by atoms with E-state index in [1.54, 1.807) is 0 Å². The minimum absolute atomic E-state index is 0.185. The van der Waals surface area contributed by atoms with E-state index in [1.165, 1.54) is 70.6 Å². The van der Waals surface area contributed by atoms with Crippen molar-refractivity contribution in [3.05, 3.63) is 0 Å². The topological polar surface area (TPSA) is 12.5 Å². The summed E-state index contributed by atoms with van der Waals surface area (Å²) in [4.78, 5) is 0. The highest BCUT2D eigenvalue weighted by Crippen LogP contribution is 2.80. The number of rotatable bonds is 0. The lowest BCUT2D eigenvalue weighted by molar-refractivity contribution is -0.256. The van der Waals surface area contributed by atoms with Crippen molar-refractivity contribution in [1.29, 1.82) is 0 Å². The molecule has 31 heavy (non-hydrogen) atoms. The number of hydrogen-bond acceptors (Lipinski definition) is 1. The molecule has 5 aliphatic carbocycles. The first-order valence-corrected chi connectivity index (χ1v) is 13.9. The molecule has 0 aromatic heterocycles. The number of ether oxygens (including phenoxy) is 1. The van der Waals surface area contributed by atoms with Crippen LogP contribution in [0.15, 0.2) is 0 Å². The van der Waals surface area contributed by atoms with Gasteiger partial charge in [-0.1, -0.05) is 48.5 Å². The normalized spacial score (nSPS) is 64.3. The quantitative estimate of drug-likeness (QED) is 0.354. The zero-order valence-corrected chi connectivity index (χ0v) is 22.0. The summed E-state index contributed by atoms with van der Waals surface area (Å²) in [5.41, 5.74) is 3.26. The molecule has 0 radical (unpaired) electrons. The van der Waals surface area contributed by atoms with Crippen molar-refractivity contribution < 1.29 is 4.74 Å². The molecule has 0 aromatic carbocycles. The lowest BCUT2D eigenvalue weighted by Gasteiger charge is -2.74. The highest BCUT2D eigenvalue weighted by molar-refractivity contribution is 5.24. The van der Waals surface area contributed by atoms with E-state index in [0.29, 0.717) is 38.6 Å². The zero-order valence-electron chi connectivity index (χ0n) is 22.0. The van der Waals surface area contributed by atoms with Gasteiger partial charge in [0.05, 0.1) is 11.7 Å². The van der Waals surface area contributed by atoms with Crippen LogP contribution in [0.5, 0.6) is 0 Å². The SMILES string of the molecule is CC1(C)CC[C@]2(C)CC[C@]3(C)[C@H]4CC[C@@]5(C)[C@@H](CC[C@H]6O[C@]65C)[C@]4(C)CC[C@@]3(C)[C@@H]2C1. The standard InChI is InChI=1S/C30H50O/c1-24(2)13-14-25(3)15-17-27(5)21-11-12-29(7)20(9-10-23-30(29,8)31-23)26(21,4)16-18-28(27,6)22(25)19-24/h20-23H,9-19H2,1-8H3/t20-,21-,22+,23+,25+,26-,27+,28-,29-,30+/m0/s1. The van der Waals surface area contributed by atoms with E-state index in [-0.39, 0.29) is 5.60 Å². The van der Waals surface area contributed by atoms with Crippen molar-refractivity contribution >= 4 is 0 Å². The fraction of sp³-hybridized carbons (Fsp3) is 1.00. The third kappa shape index (κ3) is 2.34. The molecule has 1 nitrogen and oxygen atoms in total. The molecular weight excluding hydrogens is 376 g/mol. The van der Waals surface area contributed by atoms with E-state index >= 15 is 0 Å². The van der Waals surface area contributed by atoms with Crippen LogP contribution in [0, 0.1) is 50.2 Å². The monoisotopic (exact) mass is 426 g/mol. The summed E-state index contributed by atoms with van der Waals surface area (Å²) >= 11 is 0. The van der Waals surface area contributed by atoms with E-state index in [1.807, 2.05) is 0 Å². The van der Waals surface area contributed by atoms with Crippen LogP contribution < -0.4 is 0 Å². The van der Waals surface area contributed by atoms with Crippen molar-refractivity contribution in [3.63, 3.8) is 0 Å². The largest absolute Gasteiger partial charge is 0.366 e. The van der Waals surface area contributed by atoms with Crippen LogP contribution >= 0.6 is 0 Å². The van der Waals surface area contributed by atoms with Gasteiger partial charge in [-0.25, -0.2) is 0 Å². The molecule has 1 heterocycles. The molecule has 6 rings (SSSR count). The fourth-order valence-corrected chi connectivity index (χ4v) is 11.8. The van der Waals surface area contributed by atoms with Gasteiger partial charge >= 0.3 is 0 Å². The number of epoxide rings is 1. The Balaban J connectivity index is 1.40. The van der Waals surface area contributed by atoms with Crippen LogP contribution in [0.2, 0.25) is 0 Å². The Morgan fingerprint density at radius 2 is 1.16 bits per heavy atom. The van der Waals surface area contributed by atoms with E-state index in [2.05, 4.69) is 55.4 Å². The van der Waals surface area contributed by atoms with Crippen molar-refractivity contribution in [2.45, 2.75) is 138 Å². The van der Waals surface area contributed by atoms with Gasteiger partial charge in [-0.2, -0.15) is 0 Å². The van der Waals surface area contributed by atoms with Gasteiger partial charge in [0.2, 0.25) is 0 Å². The Hall–Kier alpha value is -0.0400. The number of hydrogen-bond donors (Lipinski definition) is 0. The molecule has 0 aromatic rings. The van der Waals surface area contributed by atoms with E-state index in [9.17, 15) is 0 Å². The average Bonchev–Trinajstić information content (AvgIpc) is 3.38. The molecule has 0 bridgehead atoms. The summed E-state index contributed by atoms with van der Waals surface area (Å²) in [5.74, 6) is 2.69. The fourth-order valence-electron chi connectivity index (χ4n) is 11.8. The second kappa shape index (κ2) is 5.78. The average molecular weight is 427 g/mol. The van der Waals surface area contributed by atoms with Gasteiger partial charge in [0.1, 0.15) is 0 Å². The molecule has 1 aliphatic heterocycles. The maximum absolute atomic E-state index is 6.42. The van der Waals surface area contributed by atoms with Crippen molar-refractivity contribution in [2.24, 2.45) is 50.2 Å². The molecule has 0 N–H and O–H groups in total. The van der Waals surface area contributed by atoms with Crippen molar-refractivity contribution in [3.8, 4) is 0 Å². The Bertz CT molecular complexity index is 800. The molecule has 0 amide bonds. The molecule has 6 aliphatic rings. The Labute approximate surface area is 192 Å². The third-order valence-corrected chi connectivity index (χ3v) is 14.3. The Kier molecular flexibility index (Phi) is 4.00. The smallest absolute Gasteiger partial charge is 0.0976 e. The van der Waals surface area contributed by atoms with Crippen LogP contribution in [-0.4, -0.2) is 11.7 Å². The van der Waals surface area contributed by atoms with Gasteiger partial charge in [0.25, 0.3) is 0 Å².